The summed E-state index contributed by atoms with van der Waals surface area (Å²) in [5.74, 6) is -1.75. The van der Waals surface area contributed by atoms with Gasteiger partial charge in [0.1, 0.15) is 17.9 Å². The first kappa shape index (κ1) is 33.1. The smallest absolute Gasteiger partial charge is 0.243 e. The van der Waals surface area contributed by atoms with Gasteiger partial charge in [-0.1, -0.05) is 70.0 Å². The Morgan fingerprint density at radius 2 is 1.71 bits per heavy atom. The van der Waals surface area contributed by atoms with Gasteiger partial charge in [0.2, 0.25) is 17.7 Å². The number of likely N-dealkylation sites (tertiary alicyclic amines) is 1. The molecule has 8 nitrogen and oxygen atoms in total. The molecule has 226 valence electrons. The van der Waals surface area contributed by atoms with Crippen LogP contribution in [0.15, 0.2) is 54.6 Å². The van der Waals surface area contributed by atoms with Crippen LogP contribution in [0.2, 0.25) is 0 Å². The summed E-state index contributed by atoms with van der Waals surface area (Å²) >= 11 is 1.52. The molecule has 0 bridgehead atoms. The molecule has 4 rings (SSSR count). The summed E-state index contributed by atoms with van der Waals surface area (Å²) in [4.78, 5) is 41.9. The maximum atomic E-state index is 13.3. The molecule has 42 heavy (non-hydrogen) atoms. The number of halogens is 1. The fraction of sp³-hybridized carbons (Fsp3) is 0.500. The van der Waals surface area contributed by atoms with Crippen molar-refractivity contribution in [2.45, 2.75) is 70.7 Å². The molecule has 3 atom stereocenters. The van der Waals surface area contributed by atoms with Crippen molar-refractivity contribution in [2.75, 3.05) is 25.5 Å². The zero-order valence-electron chi connectivity index (χ0n) is 25.1. The Balaban J connectivity index is 0.000000892. The van der Waals surface area contributed by atoms with E-state index in [4.69, 9.17) is 0 Å². The number of likely N-dealkylation sites (N-methyl/N-ethyl adjacent to an activating group) is 1. The second kappa shape index (κ2) is 15.2. The van der Waals surface area contributed by atoms with E-state index in [0.29, 0.717) is 22.8 Å². The summed E-state index contributed by atoms with van der Waals surface area (Å²) in [6.45, 7) is 8.66. The number of hydrogen-bond donors (Lipinski definition) is 2. The Bertz CT molecular complexity index is 1240. The lowest BCUT2D eigenvalue weighted by Gasteiger charge is -2.27. The van der Waals surface area contributed by atoms with Crippen LogP contribution >= 0.6 is 11.9 Å². The van der Waals surface area contributed by atoms with Crippen molar-refractivity contribution in [1.82, 2.24) is 14.5 Å². The Morgan fingerprint density at radius 3 is 2.29 bits per heavy atom. The number of rotatable bonds is 10. The van der Waals surface area contributed by atoms with Gasteiger partial charge in [-0.05, 0) is 60.9 Å². The molecule has 1 aliphatic carbocycles. The van der Waals surface area contributed by atoms with Gasteiger partial charge in [0.05, 0.1) is 18.5 Å². The molecular formula is C32H42FN5O3S. The normalized spacial score (nSPS) is 18.7. The van der Waals surface area contributed by atoms with E-state index in [9.17, 15) is 24.0 Å². The lowest BCUT2D eigenvalue weighted by Crippen LogP contribution is -2.49. The van der Waals surface area contributed by atoms with Crippen molar-refractivity contribution in [3.8, 4) is 6.07 Å². The molecule has 0 spiro atoms. The average molecular weight is 596 g/mol. The SMILES string of the molecule is CC(C)(C)C.CN(CC(=O)N1CC(C(=O)Nc2ccccc2)CC1C#N)C(=O)C(Cc1ccc(F)cc1)NSC1CC1. The summed E-state index contributed by atoms with van der Waals surface area (Å²) in [6.07, 6.45) is 2.77. The molecule has 1 saturated carbocycles. The minimum Gasteiger partial charge on any atom is -0.335 e. The molecule has 1 saturated heterocycles. The van der Waals surface area contributed by atoms with Crippen molar-refractivity contribution in [2.24, 2.45) is 11.3 Å². The minimum atomic E-state index is -0.735. The largest absolute Gasteiger partial charge is 0.335 e. The number of nitriles is 1. The van der Waals surface area contributed by atoms with Gasteiger partial charge in [-0.25, -0.2) is 4.39 Å². The third-order valence-electron chi connectivity index (χ3n) is 6.48. The van der Waals surface area contributed by atoms with Gasteiger partial charge in [0, 0.05) is 24.5 Å². The fourth-order valence-corrected chi connectivity index (χ4v) is 5.14. The fourth-order valence-electron chi connectivity index (χ4n) is 4.23. The first-order chi connectivity index (χ1) is 19.8. The molecule has 10 heteroatoms. The van der Waals surface area contributed by atoms with E-state index in [-0.39, 0.29) is 43.0 Å². The Morgan fingerprint density at radius 1 is 1.10 bits per heavy atom. The molecule has 2 aliphatic rings. The third kappa shape index (κ3) is 11.1. The highest BCUT2D eigenvalue weighted by Crippen LogP contribution is 2.32. The predicted molar refractivity (Wildman–Crippen MR) is 165 cm³/mol. The molecule has 1 aliphatic heterocycles. The van der Waals surface area contributed by atoms with Gasteiger partial charge in [-0.2, -0.15) is 5.26 Å². The summed E-state index contributed by atoms with van der Waals surface area (Å²) < 4.78 is 16.6. The lowest BCUT2D eigenvalue weighted by molar-refractivity contribution is -0.140. The van der Waals surface area contributed by atoms with Crippen molar-refractivity contribution < 1.29 is 18.8 Å². The van der Waals surface area contributed by atoms with Gasteiger partial charge in [0.25, 0.3) is 0 Å². The number of para-hydroxylation sites is 1. The molecule has 0 aromatic heterocycles. The van der Waals surface area contributed by atoms with Crippen molar-refractivity contribution in [3.63, 3.8) is 0 Å². The van der Waals surface area contributed by atoms with Crippen LogP contribution in [0.3, 0.4) is 0 Å². The monoisotopic (exact) mass is 595 g/mol. The number of hydrogen-bond acceptors (Lipinski definition) is 6. The van der Waals surface area contributed by atoms with E-state index in [2.05, 4.69) is 43.8 Å². The number of carbonyl (C=O) groups is 3. The quantitative estimate of drug-likeness (QED) is 0.374. The average Bonchev–Trinajstić information content (AvgIpc) is 3.66. The lowest BCUT2D eigenvalue weighted by atomic mass is 10.0. The molecule has 1 heterocycles. The number of nitrogens with one attached hydrogen (secondary N) is 2. The van der Waals surface area contributed by atoms with Gasteiger partial charge in [-0.3, -0.25) is 19.1 Å². The zero-order chi connectivity index (χ0) is 30.9. The molecule has 2 N–H and O–H groups in total. The molecule has 3 amide bonds. The van der Waals surface area contributed by atoms with Crippen LogP contribution in [0.1, 0.15) is 52.5 Å². The van der Waals surface area contributed by atoms with Crippen molar-refractivity contribution in [1.29, 1.82) is 5.26 Å². The summed E-state index contributed by atoms with van der Waals surface area (Å²) in [5, 5.41) is 12.9. The van der Waals surface area contributed by atoms with E-state index in [1.165, 1.54) is 33.9 Å². The Labute approximate surface area is 253 Å². The van der Waals surface area contributed by atoms with Crippen molar-refractivity contribution >= 4 is 35.4 Å². The van der Waals surface area contributed by atoms with Crippen LogP contribution < -0.4 is 10.0 Å². The van der Waals surface area contributed by atoms with Gasteiger partial charge < -0.3 is 15.1 Å². The van der Waals surface area contributed by atoms with Gasteiger partial charge in [-0.15, -0.1) is 0 Å². The second-order valence-corrected chi connectivity index (χ2v) is 13.6. The second-order valence-electron chi connectivity index (χ2n) is 12.5. The number of carbonyl (C=O) groups excluding carboxylic acids is 3. The van der Waals surface area contributed by atoms with Crippen LogP contribution in [0.25, 0.3) is 0 Å². The van der Waals surface area contributed by atoms with E-state index >= 15 is 0 Å². The first-order valence-electron chi connectivity index (χ1n) is 14.3. The summed E-state index contributed by atoms with van der Waals surface area (Å²) in [7, 11) is 1.55. The maximum Gasteiger partial charge on any atom is 0.243 e. The highest BCUT2D eigenvalue weighted by Gasteiger charge is 2.39. The molecule has 2 aromatic rings. The van der Waals surface area contributed by atoms with E-state index in [1.54, 1.807) is 31.3 Å². The molecule has 0 radical (unpaired) electrons. The summed E-state index contributed by atoms with van der Waals surface area (Å²) in [6, 6.07) is 15.8. The molecular weight excluding hydrogens is 553 g/mol. The third-order valence-corrected chi connectivity index (χ3v) is 7.71. The Kier molecular flexibility index (Phi) is 11.9. The number of benzene rings is 2. The predicted octanol–water partition coefficient (Wildman–Crippen LogP) is 5.03. The van der Waals surface area contributed by atoms with Crippen LogP contribution in [0.4, 0.5) is 10.1 Å². The highest BCUT2D eigenvalue weighted by molar-refractivity contribution is 7.98. The Hall–Kier alpha value is -3.42. The number of amides is 3. The molecule has 2 fully saturated rings. The highest BCUT2D eigenvalue weighted by atomic mass is 32.2. The number of nitrogens with zero attached hydrogens (tertiary/aromatic N) is 3. The minimum absolute atomic E-state index is 0.118. The van der Waals surface area contributed by atoms with Crippen LogP contribution in [0.5, 0.6) is 0 Å². The maximum absolute atomic E-state index is 13.3. The summed E-state index contributed by atoms with van der Waals surface area (Å²) in [5.41, 5.74) is 1.96. The van der Waals surface area contributed by atoms with Crippen LogP contribution in [-0.2, 0) is 20.8 Å². The van der Waals surface area contributed by atoms with Crippen LogP contribution in [0, 0.1) is 28.5 Å². The first-order valence-corrected chi connectivity index (χ1v) is 15.2. The number of anilines is 1. The van der Waals surface area contributed by atoms with Gasteiger partial charge in [0.15, 0.2) is 0 Å². The zero-order valence-corrected chi connectivity index (χ0v) is 25.9. The van der Waals surface area contributed by atoms with E-state index in [1.807, 2.05) is 18.2 Å². The molecule has 2 aromatic carbocycles. The topological polar surface area (TPSA) is 106 Å². The molecule has 3 unspecified atom stereocenters. The van der Waals surface area contributed by atoms with Gasteiger partial charge >= 0.3 is 0 Å². The van der Waals surface area contributed by atoms with Crippen LogP contribution in [-0.4, -0.2) is 65.0 Å². The standard InChI is InChI=1S/C27H30FN5O3S.C5H12/c1-32(27(36)24(31-37-23-11-12-23)13-18-7-9-20(28)10-8-18)17-25(34)33-16-19(14-22(33)15-29)26(35)30-21-5-3-2-4-6-21;1-5(2,3)4/h2-10,19,22-24,31H,11-14,16-17H2,1H3,(H,30,35);1-4H3. The van der Waals surface area contributed by atoms with Crippen molar-refractivity contribution in [3.05, 3.63) is 66.0 Å². The van der Waals surface area contributed by atoms with E-state index < -0.39 is 18.0 Å². The van der Waals surface area contributed by atoms with E-state index in [0.717, 1.165) is 18.4 Å².